The van der Waals surface area contributed by atoms with Crippen molar-refractivity contribution in [3.8, 4) is 0 Å². The molecular weight excluding hydrogens is 230 g/mol. The summed E-state index contributed by atoms with van der Waals surface area (Å²) in [6, 6.07) is 1.93. The maximum absolute atomic E-state index is 11.3. The van der Waals surface area contributed by atoms with Crippen LogP contribution in [-0.4, -0.2) is 33.6 Å². The molecule has 1 fully saturated rings. The number of aromatic nitrogens is 3. The molecule has 3 heterocycles. The number of amides is 1. The zero-order chi connectivity index (χ0) is 12.5. The summed E-state index contributed by atoms with van der Waals surface area (Å²) in [5, 5.41) is 4.19. The molecule has 1 amide bonds. The molecule has 0 aromatic carbocycles. The summed E-state index contributed by atoms with van der Waals surface area (Å²) in [5.41, 5.74) is 6.36. The second-order valence-electron chi connectivity index (χ2n) is 4.60. The monoisotopic (exact) mass is 245 g/mol. The van der Waals surface area contributed by atoms with E-state index in [9.17, 15) is 4.79 Å². The molecule has 2 aromatic rings. The quantitative estimate of drug-likeness (QED) is 0.832. The van der Waals surface area contributed by atoms with Gasteiger partial charge >= 0.3 is 0 Å². The van der Waals surface area contributed by atoms with Gasteiger partial charge in [-0.3, -0.25) is 4.79 Å². The third-order valence-corrected chi connectivity index (χ3v) is 3.43. The summed E-state index contributed by atoms with van der Waals surface area (Å²) in [5.74, 6) is 0.574. The lowest BCUT2D eigenvalue weighted by atomic mass is 9.97. The van der Waals surface area contributed by atoms with Gasteiger partial charge in [0.05, 0.1) is 12.1 Å². The van der Waals surface area contributed by atoms with E-state index >= 15 is 0 Å². The van der Waals surface area contributed by atoms with Gasteiger partial charge in [-0.05, 0) is 18.9 Å². The lowest BCUT2D eigenvalue weighted by Crippen LogP contribution is -2.41. The molecule has 1 atom stereocenters. The van der Waals surface area contributed by atoms with Crippen molar-refractivity contribution in [2.45, 2.75) is 12.8 Å². The fourth-order valence-electron chi connectivity index (χ4n) is 2.49. The summed E-state index contributed by atoms with van der Waals surface area (Å²) >= 11 is 0. The van der Waals surface area contributed by atoms with E-state index in [0.717, 1.165) is 30.7 Å². The Labute approximate surface area is 104 Å². The van der Waals surface area contributed by atoms with Crippen LogP contribution in [0.2, 0.25) is 0 Å². The van der Waals surface area contributed by atoms with Crippen LogP contribution in [0.3, 0.4) is 0 Å². The van der Waals surface area contributed by atoms with Gasteiger partial charge in [0.2, 0.25) is 5.91 Å². The summed E-state index contributed by atoms with van der Waals surface area (Å²) in [7, 11) is 0. The van der Waals surface area contributed by atoms with Gasteiger partial charge in [0.25, 0.3) is 0 Å². The molecule has 0 aliphatic carbocycles. The van der Waals surface area contributed by atoms with Gasteiger partial charge in [-0.1, -0.05) is 0 Å². The normalized spacial score (nSPS) is 20.2. The molecule has 6 nitrogen and oxygen atoms in total. The highest BCUT2D eigenvalue weighted by molar-refractivity contribution is 5.78. The molecule has 3 rings (SSSR count). The Morgan fingerprint density at radius 1 is 1.44 bits per heavy atom. The maximum atomic E-state index is 11.3. The number of hydrogen-bond donors (Lipinski definition) is 1. The maximum Gasteiger partial charge on any atom is 0.222 e. The van der Waals surface area contributed by atoms with Crippen molar-refractivity contribution < 1.29 is 4.79 Å². The van der Waals surface area contributed by atoms with Gasteiger partial charge in [-0.25, -0.2) is 9.50 Å². The van der Waals surface area contributed by atoms with E-state index in [1.54, 1.807) is 16.9 Å². The standard InChI is InChI=1S/C12H15N5O/c13-11(18)9-2-1-6-16(8-9)12-10-3-4-15-17(10)7-5-14-12/h3-5,7,9H,1-2,6,8H2,(H2,13,18). The molecular formula is C12H15N5O. The van der Waals surface area contributed by atoms with Crippen LogP contribution in [0.25, 0.3) is 5.52 Å². The molecule has 1 saturated heterocycles. The number of carbonyl (C=O) groups is 1. The van der Waals surface area contributed by atoms with Crippen molar-refractivity contribution >= 4 is 17.2 Å². The zero-order valence-electron chi connectivity index (χ0n) is 9.99. The van der Waals surface area contributed by atoms with Crippen molar-refractivity contribution in [1.82, 2.24) is 14.6 Å². The minimum absolute atomic E-state index is 0.0799. The van der Waals surface area contributed by atoms with Gasteiger partial charge < -0.3 is 10.6 Å². The second-order valence-corrected chi connectivity index (χ2v) is 4.60. The van der Waals surface area contributed by atoms with E-state index in [-0.39, 0.29) is 11.8 Å². The predicted octanol–water partition coefficient (Wildman–Crippen LogP) is 0.431. The van der Waals surface area contributed by atoms with Crippen LogP contribution in [0.4, 0.5) is 5.82 Å². The number of nitrogens with two attached hydrogens (primary N) is 1. The number of carbonyl (C=O) groups excluding carboxylic acids is 1. The lowest BCUT2D eigenvalue weighted by Gasteiger charge is -2.32. The summed E-state index contributed by atoms with van der Waals surface area (Å²) in [4.78, 5) is 17.8. The van der Waals surface area contributed by atoms with Crippen LogP contribution in [0, 0.1) is 5.92 Å². The van der Waals surface area contributed by atoms with E-state index in [1.807, 2.05) is 12.3 Å². The number of nitrogens with zero attached hydrogens (tertiary/aromatic N) is 4. The summed E-state index contributed by atoms with van der Waals surface area (Å²) in [6.45, 7) is 1.55. The van der Waals surface area contributed by atoms with Crippen molar-refractivity contribution in [3.63, 3.8) is 0 Å². The molecule has 1 unspecified atom stereocenters. The highest BCUT2D eigenvalue weighted by atomic mass is 16.1. The largest absolute Gasteiger partial charge is 0.369 e. The lowest BCUT2D eigenvalue weighted by molar-refractivity contribution is -0.122. The first-order valence-corrected chi connectivity index (χ1v) is 6.08. The van der Waals surface area contributed by atoms with Crippen LogP contribution in [0.5, 0.6) is 0 Å². The number of fused-ring (bicyclic) bond motifs is 1. The van der Waals surface area contributed by atoms with Crippen molar-refractivity contribution in [1.29, 1.82) is 0 Å². The molecule has 0 bridgehead atoms. The smallest absolute Gasteiger partial charge is 0.222 e. The van der Waals surface area contributed by atoms with Gasteiger partial charge in [0.15, 0.2) is 5.82 Å². The summed E-state index contributed by atoms with van der Waals surface area (Å²) < 4.78 is 1.79. The van der Waals surface area contributed by atoms with E-state index < -0.39 is 0 Å². The number of piperidine rings is 1. The van der Waals surface area contributed by atoms with Crippen molar-refractivity contribution in [2.24, 2.45) is 11.7 Å². The van der Waals surface area contributed by atoms with Crippen LogP contribution in [0.15, 0.2) is 24.7 Å². The Balaban J connectivity index is 1.94. The van der Waals surface area contributed by atoms with E-state index in [2.05, 4.69) is 15.0 Å². The van der Waals surface area contributed by atoms with Gasteiger partial charge in [-0.2, -0.15) is 5.10 Å². The van der Waals surface area contributed by atoms with Crippen LogP contribution < -0.4 is 10.6 Å². The number of anilines is 1. The van der Waals surface area contributed by atoms with Crippen LogP contribution in [0.1, 0.15) is 12.8 Å². The average Bonchev–Trinajstić information content (AvgIpc) is 2.87. The minimum Gasteiger partial charge on any atom is -0.369 e. The zero-order valence-corrected chi connectivity index (χ0v) is 9.99. The number of primary amides is 1. The molecule has 18 heavy (non-hydrogen) atoms. The molecule has 1 aliphatic heterocycles. The molecule has 0 spiro atoms. The molecule has 6 heteroatoms. The number of hydrogen-bond acceptors (Lipinski definition) is 4. The van der Waals surface area contributed by atoms with Crippen molar-refractivity contribution in [3.05, 3.63) is 24.7 Å². The first kappa shape index (κ1) is 11.0. The fraction of sp³-hybridized carbons (Fsp3) is 0.417. The Morgan fingerprint density at radius 3 is 3.17 bits per heavy atom. The molecule has 0 radical (unpaired) electrons. The Kier molecular flexibility index (Phi) is 2.62. The Bertz CT molecular complexity index is 579. The van der Waals surface area contributed by atoms with Gasteiger partial charge in [0, 0.05) is 25.5 Å². The Morgan fingerprint density at radius 2 is 2.33 bits per heavy atom. The fourth-order valence-corrected chi connectivity index (χ4v) is 2.49. The van der Waals surface area contributed by atoms with Gasteiger partial charge in [-0.15, -0.1) is 0 Å². The third kappa shape index (κ3) is 1.79. The summed E-state index contributed by atoms with van der Waals surface area (Å²) in [6.07, 6.45) is 7.12. The van der Waals surface area contributed by atoms with Gasteiger partial charge in [0.1, 0.15) is 5.52 Å². The topological polar surface area (TPSA) is 76.5 Å². The highest BCUT2D eigenvalue weighted by Gasteiger charge is 2.25. The SMILES string of the molecule is NC(=O)C1CCCN(c2nccn3nccc23)C1. The van der Waals surface area contributed by atoms with Crippen molar-refractivity contribution in [2.75, 3.05) is 18.0 Å². The van der Waals surface area contributed by atoms with E-state index in [4.69, 9.17) is 5.73 Å². The predicted molar refractivity (Wildman–Crippen MR) is 67.1 cm³/mol. The molecule has 0 saturated carbocycles. The minimum atomic E-state index is -0.222. The Hall–Kier alpha value is -2.11. The molecule has 1 aliphatic rings. The second kappa shape index (κ2) is 4.29. The first-order chi connectivity index (χ1) is 8.75. The highest BCUT2D eigenvalue weighted by Crippen LogP contribution is 2.24. The van der Waals surface area contributed by atoms with Crippen LogP contribution >= 0.6 is 0 Å². The molecule has 2 N–H and O–H groups in total. The number of rotatable bonds is 2. The first-order valence-electron chi connectivity index (χ1n) is 6.08. The molecule has 2 aromatic heterocycles. The van der Waals surface area contributed by atoms with E-state index in [1.165, 1.54) is 0 Å². The van der Waals surface area contributed by atoms with E-state index in [0.29, 0.717) is 6.54 Å². The average molecular weight is 245 g/mol. The third-order valence-electron chi connectivity index (χ3n) is 3.43. The molecule has 94 valence electrons. The van der Waals surface area contributed by atoms with Crippen LogP contribution in [-0.2, 0) is 4.79 Å².